The molecule has 21 heavy (non-hydrogen) atoms. The van der Waals surface area contributed by atoms with Gasteiger partial charge in [0.05, 0.1) is 6.21 Å². The molecular weight excluding hydrogens is 307 g/mol. The van der Waals surface area contributed by atoms with Gasteiger partial charge in [-0.2, -0.15) is 5.10 Å². The minimum absolute atomic E-state index is 0. The van der Waals surface area contributed by atoms with Gasteiger partial charge >= 0.3 is 29.6 Å². The molecule has 104 valence electrons. The van der Waals surface area contributed by atoms with E-state index in [9.17, 15) is 17.8 Å². The Labute approximate surface area is 143 Å². The van der Waals surface area contributed by atoms with Gasteiger partial charge in [-0.25, -0.2) is 13.8 Å². The Balaban J connectivity index is 0.00000220. The van der Waals surface area contributed by atoms with Crippen molar-refractivity contribution < 1.29 is 51.7 Å². The zero-order valence-electron chi connectivity index (χ0n) is 11.0. The van der Waals surface area contributed by atoms with Crippen LogP contribution in [0.4, 0.5) is 0 Å². The number of nitrogens with one attached hydrogen (secondary N) is 1. The molecule has 0 saturated carbocycles. The number of carbonyl (C=O) groups excluding carboxylic acids is 1. The summed E-state index contributed by atoms with van der Waals surface area (Å²) >= 11 is 0. The molecule has 0 saturated heterocycles. The van der Waals surface area contributed by atoms with Crippen molar-refractivity contribution in [2.24, 2.45) is 5.10 Å². The number of amides is 1. The Morgan fingerprint density at radius 2 is 1.86 bits per heavy atom. The van der Waals surface area contributed by atoms with E-state index in [0.717, 1.165) is 12.3 Å². The second-order valence-electron chi connectivity index (χ2n) is 3.68. The molecule has 7 nitrogen and oxygen atoms in total. The molecule has 1 N–H and O–H groups in total. The molecule has 0 radical (unpaired) electrons. The predicted molar refractivity (Wildman–Crippen MR) is 68.2 cm³/mol. The smallest absolute Gasteiger partial charge is 0.742 e. The first-order chi connectivity index (χ1) is 9.47. The van der Waals surface area contributed by atoms with Crippen LogP contribution in [0.1, 0.15) is 16.1 Å². The van der Waals surface area contributed by atoms with Crippen molar-refractivity contribution in [3.05, 3.63) is 53.8 Å². The van der Waals surface area contributed by atoms with Gasteiger partial charge in [-0.1, -0.05) is 18.2 Å². The molecule has 0 aliphatic rings. The molecule has 1 aromatic heterocycles. The van der Waals surface area contributed by atoms with E-state index in [2.05, 4.69) is 10.5 Å². The molecule has 2 aromatic rings. The van der Waals surface area contributed by atoms with Crippen molar-refractivity contribution in [3.63, 3.8) is 0 Å². The van der Waals surface area contributed by atoms with Crippen LogP contribution < -0.4 is 35.0 Å². The van der Waals surface area contributed by atoms with Crippen molar-refractivity contribution in [1.82, 2.24) is 5.43 Å². The number of carbonyl (C=O) groups is 1. The van der Waals surface area contributed by atoms with Crippen LogP contribution in [0.25, 0.3) is 0 Å². The Kier molecular flexibility index (Phi) is 6.31. The Morgan fingerprint density at radius 3 is 2.43 bits per heavy atom. The van der Waals surface area contributed by atoms with Crippen LogP contribution in [0, 0.1) is 0 Å². The molecule has 1 amide bonds. The van der Waals surface area contributed by atoms with Gasteiger partial charge in [-0.15, -0.1) is 0 Å². The van der Waals surface area contributed by atoms with Crippen LogP contribution in [0.15, 0.2) is 57.1 Å². The van der Waals surface area contributed by atoms with E-state index in [1.807, 2.05) is 0 Å². The monoisotopic (exact) mass is 316 g/mol. The van der Waals surface area contributed by atoms with Crippen molar-refractivity contribution in [2.45, 2.75) is 5.09 Å². The van der Waals surface area contributed by atoms with Crippen LogP contribution in [0.3, 0.4) is 0 Å². The summed E-state index contributed by atoms with van der Waals surface area (Å²) in [6.45, 7) is 0. The number of benzene rings is 1. The molecule has 0 unspecified atom stereocenters. The molecule has 0 aliphatic carbocycles. The summed E-state index contributed by atoms with van der Waals surface area (Å²) in [4.78, 5) is 11.6. The molecule has 0 atom stereocenters. The molecular formula is C12H9N2NaO5S. The van der Waals surface area contributed by atoms with Crippen LogP contribution in [-0.4, -0.2) is 25.1 Å². The van der Waals surface area contributed by atoms with Crippen molar-refractivity contribution in [3.8, 4) is 0 Å². The maximum atomic E-state index is 11.6. The number of nitrogens with zero attached hydrogens (tertiary/aromatic N) is 1. The Morgan fingerprint density at radius 1 is 1.19 bits per heavy atom. The number of hydrogen-bond acceptors (Lipinski definition) is 6. The maximum absolute atomic E-state index is 11.6. The first kappa shape index (κ1) is 17.6. The van der Waals surface area contributed by atoms with Gasteiger partial charge in [0.2, 0.25) is 5.09 Å². The topological polar surface area (TPSA) is 112 Å². The minimum Gasteiger partial charge on any atom is -0.742 e. The SMILES string of the molecule is O=C(NN=Cc1ccc(S(=O)(=O)[O-])o1)c1ccccc1.[Na+]. The van der Waals surface area contributed by atoms with E-state index < -0.39 is 21.1 Å². The largest absolute Gasteiger partial charge is 1.00 e. The Hall–Kier alpha value is -1.45. The second-order valence-corrected chi connectivity index (χ2v) is 4.99. The normalized spacial score (nSPS) is 11.1. The molecule has 0 fully saturated rings. The van der Waals surface area contributed by atoms with Gasteiger partial charge in [0.1, 0.15) is 5.76 Å². The summed E-state index contributed by atoms with van der Waals surface area (Å²) in [5.74, 6) is -0.391. The summed E-state index contributed by atoms with van der Waals surface area (Å²) in [7, 11) is -4.63. The summed E-state index contributed by atoms with van der Waals surface area (Å²) in [6.07, 6.45) is 1.09. The maximum Gasteiger partial charge on any atom is 1.00 e. The summed E-state index contributed by atoms with van der Waals surface area (Å²) in [5, 5.41) is 2.90. The van der Waals surface area contributed by atoms with Gasteiger partial charge in [0.15, 0.2) is 10.1 Å². The molecule has 9 heteroatoms. The third-order valence-electron chi connectivity index (χ3n) is 2.24. The average Bonchev–Trinajstić information content (AvgIpc) is 2.88. The average molecular weight is 316 g/mol. The third-order valence-corrected chi connectivity index (χ3v) is 2.95. The van der Waals surface area contributed by atoms with Gasteiger partial charge < -0.3 is 8.97 Å². The molecule has 2 rings (SSSR count). The molecule has 0 bridgehead atoms. The van der Waals surface area contributed by atoms with Gasteiger partial charge in [-0.3, -0.25) is 4.79 Å². The molecule has 1 heterocycles. The fourth-order valence-electron chi connectivity index (χ4n) is 1.35. The van der Waals surface area contributed by atoms with E-state index >= 15 is 0 Å². The summed E-state index contributed by atoms with van der Waals surface area (Å²) < 4.78 is 36.7. The van der Waals surface area contributed by atoms with Gasteiger partial charge in [0, 0.05) is 5.56 Å². The van der Waals surface area contributed by atoms with E-state index in [1.165, 1.54) is 6.07 Å². The second kappa shape index (κ2) is 7.53. The van der Waals surface area contributed by atoms with Crippen LogP contribution in [0.5, 0.6) is 0 Å². The third kappa shape index (κ3) is 5.10. The predicted octanol–water partition coefficient (Wildman–Crippen LogP) is -2.05. The summed E-state index contributed by atoms with van der Waals surface area (Å²) in [5.41, 5.74) is 2.66. The van der Waals surface area contributed by atoms with Crippen molar-refractivity contribution >= 4 is 22.2 Å². The van der Waals surface area contributed by atoms with Crippen molar-refractivity contribution in [2.75, 3.05) is 0 Å². The van der Waals surface area contributed by atoms with E-state index in [-0.39, 0.29) is 35.3 Å². The van der Waals surface area contributed by atoms with Crippen molar-refractivity contribution in [1.29, 1.82) is 0 Å². The fourth-order valence-corrected chi connectivity index (χ4v) is 1.78. The van der Waals surface area contributed by atoms with E-state index in [4.69, 9.17) is 4.42 Å². The van der Waals surface area contributed by atoms with Crippen LogP contribution in [0.2, 0.25) is 0 Å². The van der Waals surface area contributed by atoms with Gasteiger partial charge in [-0.05, 0) is 24.3 Å². The Bertz CT molecular complexity index is 740. The number of hydrazone groups is 1. The summed E-state index contributed by atoms with van der Waals surface area (Å²) in [6, 6.07) is 10.7. The minimum atomic E-state index is -4.63. The van der Waals surface area contributed by atoms with Crippen LogP contribution in [-0.2, 0) is 10.1 Å². The van der Waals surface area contributed by atoms with Gasteiger partial charge in [0.25, 0.3) is 5.91 Å². The van der Waals surface area contributed by atoms with Crippen LogP contribution >= 0.6 is 0 Å². The first-order valence-corrected chi connectivity index (χ1v) is 6.82. The fraction of sp³-hybridized carbons (Fsp3) is 0. The standard InChI is InChI=1S/C12H10N2O5S.Na/c15-12(9-4-2-1-3-5-9)14-13-8-10-6-7-11(19-10)20(16,17)18;/h1-8H,(H,14,15)(H,16,17,18);/q;+1/p-1. The molecule has 1 aromatic carbocycles. The van der Waals surface area contributed by atoms with E-state index in [1.54, 1.807) is 30.3 Å². The number of hydrogen-bond donors (Lipinski definition) is 1. The molecule has 0 aliphatic heterocycles. The van der Waals surface area contributed by atoms with E-state index in [0.29, 0.717) is 5.56 Å². The first-order valence-electron chi connectivity index (χ1n) is 5.41. The molecule has 0 spiro atoms. The quantitative estimate of drug-likeness (QED) is 0.302. The number of rotatable bonds is 4. The zero-order valence-corrected chi connectivity index (χ0v) is 13.8. The number of furan rings is 1. The zero-order chi connectivity index (χ0) is 14.6.